The van der Waals surface area contributed by atoms with Crippen LogP contribution in [0.1, 0.15) is 20.9 Å². The fourth-order valence-corrected chi connectivity index (χ4v) is 2.41. The third-order valence-electron chi connectivity index (χ3n) is 3.61. The summed E-state index contributed by atoms with van der Waals surface area (Å²) >= 11 is 5.77. The summed E-state index contributed by atoms with van der Waals surface area (Å²) in [6, 6.07) is 16.2. The Bertz CT molecular complexity index is 961. The SMILES string of the molecule is O=Cc1ccc(-c2ccc(C(=O)OCC(=O)Nc3ccc(Cl)cc3)cc2)o1. The van der Waals surface area contributed by atoms with Crippen molar-refractivity contribution in [2.75, 3.05) is 11.9 Å². The Morgan fingerprint density at radius 1 is 1.00 bits per heavy atom. The van der Waals surface area contributed by atoms with Crippen molar-refractivity contribution in [1.82, 2.24) is 0 Å². The monoisotopic (exact) mass is 383 g/mol. The second-order valence-corrected chi connectivity index (χ2v) is 5.96. The molecular weight excluding hydrogens is 370 g/mol. The number of hydrogen-bond acceptors (Lipinski definition) is 5. The van der Waals surface area contributed by atoms with Gasteiger partial charge < -0.3 is 14.5 Å². The molecule has 0 bridgehead atoms. The zero-order chi connectivity index (χ0) is 19.2. The van der Waals surface area contributed by atoms with Crippen LogP contribution in [-0.2, 0) is 9.53 Å². The number of rotatable bonds is 6. The zero-order valence-electron chi connectivity index (χ0n) is 14.0. The summed E-state index contributed by atoms with van der Waals surface area (Å²) in [4.78, 5) is 34.6. The molecule has 3 rings (SSSR count). The number of carbonyl (C=O) groups is 3. The minimum absolute atomic E-state index is 0.222. The second kappa shape index (κ2) is 8.33. The van der Waals surface area contributed by atoms with E-state index in [1.807, 2.05) is 0 Å². The number of hydrogen-bond donors (Lipinski definition) is 1. The fraction of sp³-hybridized carbons (Fsp3) is 0.0500. The Labute approximate surface area is 159 Å². The molecule has 7 heteroatoms. The van der Waals surface area contributed by atoms with Gasteiger partial charge in [0.05, 0.1) is 5.56 Å². The van der Waals surface area contributed by atoms with E-state index in [9.17, 15) is 14.4 Å². The predicted molar refractivity (Wildman–Crippen MR) is 99.9 cm³/mol. The normalized spacial score (nSPS) is 10.3. The van der Waals surface area contributed by atoms with Crippen LogP contribution < -0.4 is 5.32 Å². The number of furan rings is 1. The van der Waals surface area contributed by atoms with Gasteiger partial charge >= 0.3 is 5.97 Å². The lowest BCUT2D eigenvalue weighted by Gasteiger charge is -2.07. The molecular formula is C20H14ClNO5. The van der Waals surface area contributed by atoms with Crippen LogP contribution in [0.5, 0.6) is 0 Å². The molecule has 0 aliphatic rings. The number of carbonyl (C=O) groups excluding carboxylic acids is 3. The predicted octanol–water partition coefficient (Wildman–Crippen LogP) is 4.21. The van der Waals surface area contributed by atoms with Crippen molar-refractivity contribution in [3.05, 3.63) is 77.0 Å². The molecule has 0 spiro atoms. The molecule has 0 saturated carbocycles. The van der Waals surface area contributed by atoms with E-state index >= 15 is 0 Å². The number of nitrogens with one attached hydrogen (secondary N) is 1. The molecule has 0 unspecified atom stereocenters. The lowest BCUT2D eigenvalue weighted by atomic mass is 10.1. The van der Waals surface area contributed by atoms with Crippen LogP contribution in [0.15, 0.2) is 65.1 Å². The summed E-state index contributed by atoms with van der Waals surface area (Å²) in [5.74, 6) is -0.348. The molecule has 0 fully saturated rings. The highest BCUT2D eigenvalue weighted by Gasteiger charge is 2.12. The molecule has 0 aliphatic carbocycles. The van der Waals surface area contributed by atoms with Crippen molar-refractivity contribution < 1.29 is 23.5 Å². The molecule has 0 atom stereocenters. The smallest absolute Gasteiger partial charge is 0.338 e. The van der Waals surface area contributed by atoms with Gasteiger partial charge in [-0.2, -0.15) is 0 Å². The highest BCUT2D eigenvalue weighted by atomic mass is 35.5. The molecule has 0 aliphatic heterocycles. The third-order valence-corrected chi connectivity index (χ3v) is 3.86. The number of amides is 1. The van der Waals surface area contributed by atoms with Gasteiger partial charge in [-0.3, -0.25) is 9.59 Å². The molecule has 0 saturated heterocycles. The average Bonchev–Trinajstić information content (AvgIpc) is 3.17. The van der Waals surface area contributed by atoms with Crippen LogP contribution in [0.2, 0.25) is 5.02 Å². The number of anilines is 1. The molecule has 1 amide bonds. The standard InChI is InChI=1S/C20H14ClNO5/c21-15-5-7-16(8-6-15)22-19(24)12-26-20(25)14-3-1-13(2-4-14)18-10-9-17(11-23)27-18/h1-11H,12H2,(H,22,24). The van der Waals surface area contributed by atoms with E-state index in [2.05, 4.69) is 5.32 Å². The van der Waals surface area contributed by atoms with Gasteiger partial charge in [0.15, 0.2) is 18.7 Å². The number of halogens is 1. The topological polar surface area (TPSA) is 85.6 Å². The Morgan fingerprint density at radius 2 is 1.70 bits per heavy atom. The van der Waals surface area contributed by atoms with Crippen LogP contribution in [0, 0.1) is 0 Å². The van der Waals surface area contributed by atoms with Gasteiger partial charge in [0.2, 0.25) is 0 Å². The second-order valence-electron chi connectivity index (χ2n) is 5.53. The van der Waals surface area contributed by atoms with E-state index in [0.29, 0.717) is 33.9 Å². The summed E-state index contributed by atoms with van der Waals surface area (Å²) < 4.78 is 10.3. The van der Waals surface area contributed by atoms with Crippen molar-refractivity contribution >= 4 is 35.5 Å². The van der Waals surface area contributed by atoms with Crippen molar-refractivity contribution in [2.24, 2.45) is 0 Å². The molecule has 2 aromatic carbocycles. The van der Waals surface area contributed by atoms with Gasteiger partial charge in [0, 0.05) is 16.3 Å². The molecule has 1 heterocycles. The molecule has 1 aromatic heterocycles. The Balaban J connectivity index is 1.55. The summed E-state index contributed by atoms with van der Waals surface area (Å²) in [5, 5.41) is 3.15. The van der Waals surface area contributed by atoms with Crippen molar-refractivity contribution in [3.63, 3.8) is 0 Å². The minimum atomic E-state index is -0.624. The lowest BCUT2D eigenvalue weighted by Crippen LogP contribution is -2.20. The van der Waals surface area contributed by atoms with Crippen LogP contribution in [0.4, 0.5) is 5.69 Å². The zero-order valence-corrected chi connectivity index (χ0v) is 14.7. The molecule has 3 aromatic rings. The van der Waals surface area contributed by atoms with E-state index in [0.717, 1.165) is 0 Å². The summed E-state index contributed by atoms with van der Waals surface area (Å²) in [7, 11) is 0. The van der Waals surface area contributed by atoms with Crippen molar-refractivity contribution in [3.8, 4) is 11.3 Å². The van der Waals surface area contributed by atoms with Gasteiger partial charge in [0.25, 0.3) is 5.91 Å². The first-order valence-corrected chi connectivity index (χ1v) is 8.31. The highest BCUT2D eigenvalue weighted by molar-refractivity contribution is 6.30. The first-order chi connectivity index (χ1) is 13.0. The molecule has 27 heavy (non-hydrogen) atoms. The Hall–Kier alpha value is -3.38. The van der Waals surface area contributed by atoms with E-state index in [1.54, 1.807) is 60.7 Å². The van der Waals surface area contributed by atoms with Gasteiger partial charge in [0.1, 0.15) is 5.76 Å². The highest BCUT2D eigenvalue weighted by Crippen LogP contribution is 2.22. The number of benzene rings is 2. The van der Waals surface area contributed by atoms with Gasteiger partial charge in [-0.05, 0) is 48.5 Å². The maximum atomic E-state index is 12.1. The Morgan fingerprint density at radius 3 is 2.33 bits per heavy atom. The number of esters is 1. The van der Waals surface area contributed by atoms with Crippen LogP contribution in [0.25, 0.3) is 11.3 Å². The fourth-order valence-electron chi connectivity index (χ4n) is 2.29. The average molecular weight is 384 g/mol. The van der Waals surface area contributed by atoms with E-state index < -0.39 is 18.5 Å². The summed E-state index contributed by atoms with van der Waals surface area (Å²) in [6.45, 7) is -0.413. The van der Waals surface area contributed by atoms with Gasteiger partial charge in [-0.15, -0.1) is 0 Å². The maximum absolute atomic E-state index is 12.1. The van der Waals surface area contributed by atoms with Crippen LogP contribution in [0.3, 0.4) is 0 Å². The van der Waals surface area contributed by atoms with Crippen molar-refractivity contribution in [2.45, 2.75) is 0 Å². The van der Waals surface area contributed by atoms with E-state index in [4.69, 9.17) is 20.8 Å². The first kappa shape index (κ1) is 18.4. The van der Waals surface area contributed by atoms with Gasteiger partial charge in [-0.25, -0.2) is 4.79 Å². The van der Waals surface area contributed by atoms with Crippen LogP contribution >= 0.6 is 11.6 Å². The van der Waals surface area contributed by atoms with Crippen molar-refractivity contribution in [1.29, 1.82) is 0 Å². The number of aldehydes is 1. The maximum Gasteiger partial charge on any atom is 0.338 e. The van der Waals surface area contributed by atoms with E-state index in [1.165, 1.54) is 0 Å². The van der Waals surface area contributed by atoms with E-state index in [-0.39, 0.29) is 5.76 Å². The molecule has 0 radical (unpaired) electrons. The molecule has 6 nitrogen and oxygen atoms in total. The van der Waals surface area contributed by atoms with Gasteiger partial charge in [-0.1, -0.05) is 23.7 Å². The van der Waals surface area contributed by atoms with Crippen LogP contribution in [-0.4, -0.2) is 24.8 Å². The lowest BCUT2D eigenvalue weighted by molar-refractivity contribution is -0.119. The molecule has 136 valence electrons. The number of ether oxygens (including phenoxy) is 1. The quantitative estimate of drug-likeness (QED) is 0.509. The third kappa shape index (κ3) is 4.83. The molecule has 1 N–H and O–H groups in total. The first-order valence-electron chi connectivity index (χ1n) is 7.93. The minimum Gasteiger partial charge on any atom is -0.453 e. The summed E-state index contributed by atoms with van der Waals surface area (Å²) in [5.41, 5.74) is 1.55. The largest absolute Gasteiger partial charge is 0.453 e. The Kier molecular flexibility index (Phi) is 5.68. The summed E-state index contributed by atoms with van der Waals surface area (Å²) in [6.07, 6.45) is 0.615.